The second-order valence-electron chi connectivity index (χ2n) is 4.21. The number of carbonyl (C=O) groups is 1. The maximum absolute atomic E-state index is 11.9. The van der Waals surface area contributed by atoms with Crippen molar-refractivity contribution in [1.82, 2.24) is 5.32 Å². The van der Waals surface area contributed by atoms with Crippen LogP contribution in [0.4, 0.5) is 0 Å². The second-order valence-corrected chi connectivity index (χ2v) is 6.17. The monoisotopic (exact) mass is 280 g/mol. The minimum atomic E-state index is -0.114. The molecule has 0 aromatic carbocycles. The summed E-state index contributed by atoms with van der Waals surface area (Å²) >= 11 is 3.30. The van der Waals surface area contributed by atoms with Crippen molar-refractivity contribution in [2.75, 3.05) is 0 Å². The molecule has 1 amide bonds. The lowest BCUT2D eigenvalue weighted by molar-refractivity contribution is -0.121. The highest BCUT2D eigenvalue weighted by Gasteiger charge is 2.19. The van der Waals surface area contributed by atoms with Crippen LogP contribution in [0.2, 0.25) is 0 Å². The lowest BCUT2D eigenvalue weighted by atomic mass is 10.1. The molecule has 0 aliphatic carbocycles. The van der Waals surface area contributed by atoms with Crippen LogP contribution in [-0.2, 0) is 4.79 Å². The third-order valence-corrected chi connectivity index (χ3v) is 4.34. The van der Waals surface area contributed by atoms with Gasteiger partial charge in [-0.25, -0.2) is 0 Å². The zero-order chi connectivity index (χ0) is 13.0. The van der Waals surface area contributed by atoms with E-state index in [0.717, 1.165) is 9.75 Å². The number of carbonyl (C=O) groups excluding carboxylic acids is 1. The van der Waals surface area contributed by atoms with Crippen molar-refractivity contribution in [3.8, 4) is 0 Å². The summed E-state index contributed by atoms with van der Waals surface area (Å²) in [6, 6.07) is 7.92. The second kappa shape index (κ2) is 6.13. The van der Waals surface area contributed by atoms with Crippen LogP contribution in [0, 0.1) is 0 Å². The van der Waals surface area contributed by atoms with E-state index < -0.39 is 0 Å². The van der Waals surface area contributed by atoms with E-state index in [-0.39, 0.29) is 18.0 Å². The first kappa shape index (κ1) is 13.3. The number of hydrogen-bond donors (Lipinski definition) is 2. The Labute approximate surface area is 115 Å². The van der Waals surface area contributed by atoms with Crippen molar-refractivity contribution >= 4 is 28.6 Å². The number of thiophene rings is 2. The molecular weight excluding hydrogens is 264 g/mol. The quantitative estimate of drug-likeness (QED) is 0.885. The number of amides is 1. The Morgan fingerprint density at radius 2 is 1.83 bits per heavy atom. The molecule has 1 unspecified atom stereocenters. The highest BCUT2D eigenvalue weighted by molar-refractivity contribution is 7.11. The molecule has 3 nitrogen and oxygen atoms in total. The SMILES string of the molecule is CC(N)CC(=O)NC(c1cccs1)c1cccs1. The van der Waals surface area contributed by atoms with Crippen LogP contribution in [-0.4, -0.2) is 11.9 Å². The van der Waals surface area contributed by atoms with Crippen molar-refractivity contribution in [1.29, 1.82) is 0 Å². The van der Waals surface area contributed by atoms with Crippen molar-refractivity contribution in [3.63, 3.8) is 0 Å². The van der Waals surface area contributed by atoms with Gasteiger partial charge in [-0.2, -0.15) is 0 Å². The van der Waals surface area contributed by atoms with Gasteiger partial charge in [0, 0.05) is 22.2 Å². The van der Waals surface area contributed by atoms with Crippen LogP contribution in [0.5, 0.6) is 0 Å². The van der Waals surface area contributed by atoms with Gasteiger partial charge < -0.3 is 11.1 Å². The predicted molar refractivity (Wildman–Crippen MR) is 76.9 cm³/mol. The summed E-state index contributed by atoms with van der Waals surface area (Å²) in [5, 5.41) is 7.10. The predicted octanol–water partition coefficient (Wildman–Crippen LogP) is 2.75. The molecule has 0 saturated heterocycles. The Hall–Kier alpha value is -1.17. The van der Waals surface area contributed by atoms with Crippen LogP contribution in [0.25, 0.3) is 0 Å². The molecule has 3 N–H and O–H groups in total. The van der Waals surface area contributed by atoms with Gasteiger partial charge in [0.15, 0.2) is 0 Å². The summed E-state index contributed by atoms with van der Waals surface area (Å²) < 4.78 is 0. The molecule has 0 saturated carbocycles. The van der Waals surface area contributed by atoms with Crippen LogP contribution < -0.4 is 11.1 Å². The average molecular weight is 280 g/mol. The standard InChI is InChI=1S/C13H16N2OS2/c1-9(14)8-12(16)15-13(10-4-2-6-17-10)11-5-3-7-18-11/h2-7,9,13H,8,14H2,1H3,(H,15,16). The maximum atomic E-state index is 11.9. The fraction of sp³-hybridized carbons (Fsp3) is 0.308. The van der Waals surface area contributed by atoms with Crippen LogP contribution in [0.1, 0.15) is 29.1 Å². The lowest BCUT2D eigenvalue weighted by Gasteiger charge is -2.17. The largest absolute Gasteiger partial charge is 0.343 e. The summed E-state index contributed by atoms with van der Waals surface area (Å²) in [7, 11) is 0. The van der Waals surface area contributed by atoms with Gasteiger partial charge >= 0.3 is 0 Å². The van der Waals surface area contributed by atoms with Gasteiger partial charge in [0.05, 0.1) is 6.04 Å². The highest BCUT2D eigenvalue weighted by Crippen LogP contribution is 2.29. The summed E-state index contributed by atoms with van der Waals surface area (Å²) in [4.78, 5) is 14.2. The van der Waals surface area contributed by atoms with Gasteiger partial charge in [-0.05, 0) is 29.8 Å². The topological polar surface area (TPSA) is 55.1 Å². The number of nitrogens with two attached hydrogens (primary N) is 1. The molecule has 2 aromatic rings. The van der Waals surface area contributed by atoms with Gasteiger partial charge in [-0.3, -0.25) is 4.79 Å². The molecule has 2 aromatic heterocycles. The molecule has 0 spiro atoms. The molecule has 18 heavy (non-hydrogen) atoms. The molecule has 1 atom stereocenters. The lowest BCUT2D eigenvalue weighted by Crippen LogP contribution is -2.32. The molecule has 5 heteroatoms. The van der Waals surface area contributed by atoms with Gasteiger partial charge in [0.2, 0.25) is 5.91 Å². The normalized spacial score (nSPS) is 12.6. The molecule has 0 aliphatic heterocycles. The minimum Gasteiger partial charge on any atom is -0.343 e. The van der Waals surface area contributed by atoms with Crippen LogP contribution in [0.15, 0.2) is 35.0 Å². The highest BCUT2D eigenvalue weighted by atomic mass is 32.1. The molecule has 0 fully saturated rings. The third-order valence-electron chi connectivity index (χ3n) is 2.47. The van der Waals surface area contributed by atoms with E-state index in [1.807, 2.05) is 41.9 Å². The van der Waals surface area contributed by atoms with Crippen molar-refractivity contribution in [2.45, 2.75) is 25.4 Å². The van der Waals surface area contributed by atoms with Crippen LogP contribution in [0.3, 0.4) is 0 Å². The molecule has 96 valence electrons. The smallest absolute Gasteiger partial charge is 0.222 e. The zero-order valence-corrected chi connectivity index (χ0v) is 11.8. The summed E-state index contributed by atoms with van der Waals surface area (Å²) in [5.41, 5.74) is 5.65. The Bertz CT molecular complexity index is 443. The number of hydrogen-bond acceptors (Lipinski definition) is 4. The first-order valence-corrected chi connectivity index (χ1v) is 7.54. The van der Waals surface area contributed by atoms with E-state index in [9.17, 15) is 4.79 Å². The molecule has 0 radical (unpaired) electrons. The molecule has 2 heterocycles. The van der Waals surface area contributed by atoms with Gasteiger partial charge in [0.1, 0.15) is 0 Å². The van der Waals surface area contributed by atoms with E-state index in [4.69, 9.17) is 5.73 Å². The Balaban J connectivity index is 2.14. The summed E-state index contributed by atoms with van der Waals surface area (Å²) in [6.45, 7) is 1.84. The van der Waals surface area contributed by atoms with E-state index >= 15 is 0 Å². The fourth-order valence-corrected chi connectivity index (χ4v) is 3.37. The average Bonchev–Trinajstić information content (AvgIpc) is 2.98. The van der Waals surface area contributed by atoms with Crippen molar-refractivity contribution in [2.24, 2.45) is 5.73 Å². The minimum absolute atomic E-state index is 0.00296. The van der Waals surface area contributed by atoms with E-state index in [2.05, 4.69) is 5.32 Å². The fourth-order valence-electron chi connectivity index (χ4n) is 1.71. The van der Waals surface area contributed by atoms with Gasteiger partial charge in [-0.1, -0.05) is 12.1 Å². The first-order chi connectivity index (χ1) is 8.66. The number of rotatable bonds is 5. The molecule has 2 rings (SSSR count). The Morgan fingerprint density at radius 3 is 2.22 bits per heavy atom. The first-order valence-electron chi connectivity index (χ1n) is 5.78. The van der Waals surface area contributed by atoms with E-state index in [1.54, 1.807) is 22.7 Å². The number of nitrogens with one attached hydrogen (secondary N) is 1. The third kappa shape index (κ3) is 3.41. The molecular formula is C13H16N2OS2. The Kier molecular flexibility index (Phi) is 4.52. The summed E-state index contributed by atoms with van der Waals surface area (Å²) in [5.74, 6) is -0.00296. The van der Waals surface area contributed by atoms with Crippen molar-refractivity contribution < 1.29 is 4.79 Å². The van der Waals surface area contributed by atoms with Crippen molar-refractivity contribution in [3.05, 3.63) is 44.8 Å². The Morgan fingerprint density at radius 1 is 1.28 bits per heavy atom. The van der Waals surface area contributed by atoms with E-state index in [1.165, 1.54) is 0 Å². The van der Waals surface area contributed by atoms with Crippen LogP contribution >= 0.6 is 22.7 Å². The maximum Gasteiger partial charge on any atom is 0.222 e. The summed E-state index contributed by atoms with van der Waals surface area (Å²) in [6.07, 6.45) is 0.354. The zero-order valence-electron chi connectivity index (χ0n) is 10.1. The molecule has 0 bridgehead atoms. The molecule has 0 aliphatic rings. The van der Waals surface area contributed by atoms with Gasteiger partial charge in [0.25, 0.3) is 0 Å². The van der Waals surface area contributed by atoms with E-state index in [0.29, 0.717) is 6.42 Å². The van der Waals surface area contributed by atoms with Gasteiger partial charge in [-0.15, -0.1) is 22.7 Å².